The van der Waals surface area contributed by atoms with Gasteiger partial charge in [-0.15, -0.1) is 0 Å². The molecule has 1 saturated carbocycles. The maximum Gasteiger partial charge on any atom is 0.201 e. The van der Waals surface area contributed by atoms with Gasteiger partial charge in [-0.2, -0.15) is 0 Å². The fraction of sp³-hybridized carbons (Fsp3) is 1.00. The molecule has 2 heteroatoms. The highest BCUT2D eigenvalue weighted by Gasteiger charge is 2.24. The van der Waals surface area contributed by atoms with Gasteiger partial charge in [0.25, 0.3) is 0 Å². The predicted octanol–water partition coefficient (Wildman–Crippen LogP) is 3.29. The van der Waals surface area contributed by atoms with E-state index in [0.717, 1.165) is 12.8 Å². The molecule has 0 aromatic carbocycles. The number of alkyl halides is 1. The molecule has 1 aliphatic carbocycles. The summed E-state index contributed by atoms with van der Waals surface area (Å²) in [7, 11) is 0. The number of ether oxygens (including phenoxy) is 1. The Hall–Kier alpha value is -0.110. The number of rotatable bonds is 3. The summed E-state index contributed by atoms with van der Waals surface area (Å²) in [5.41, 5.74) is 0. The zero-order valence-electron chi connectivity index (χ0n) is 8.05. The lowest BCUT2D eigenvalue weighted by Gasteiger charge is -2.25. The zero-order valence-corrected chi connectivity index (χ0v) is 8.05. The maximum atomic E-state index is 13.3. The van der Waals surface area contributed by atoms with Crippen molar-refractivity contribution in [1.29, 1.82) is 0 Å². The van der Waals surface area contributed by atoms with Crippen molar-refractivity contribution in [3.8, 4) is 0 Å². The number of hydrogen-bond donors (Lipinski definition) is 0. The Kier molecular flexibility index (Phi) is 3.99. The van der Waals surface area contributed by atoms with Gasteiger partial charge in [0.15, 0.2) is 0 Å². The van der Waals surface area contributed by atoms with Crippen LogP contribution in [0.3, 0.4) is 0 Å². The second-order valence-corrected chi connectivity index (χ2v) is 3.93. The van der Waals surface area contributed by atoms with Crippen LogP contribution < -0.4 is 0 Å². The molecule has 72 valence electrons. The van der Waals surface area contributed by atoms with Gasteiger partial charge in [-0.3, -0.25) is 0 Å². The fourth-order valence-corrected chi connectivity index (χ4v) is 1.77. The summed E-state index contributed by atoms with van der Waals surface area (Å²) in [6.07, 6.45) is 4.62. The summed E-state index contributed by atoms with van der Waals surface area (Å²) in [6, 6.07) is 0. The van der Waals surface area contributed by atoms with Crippen LogP contribution in [0.25, 0.3) is 0 Å². The van der Waals surface area contributed by atoms with Gasteiger partial charge in [-0.1, -0.05) is 19.3 Å². The lowest BCUT2D eigenvalue weighted by Crippen LogP contribution is -2.24. The second kappa shape index (κ2) is 4.80. The largest absolute Gasteiger partial charge is 0.345 e. The average molecular weight is 174 g/mol. The van der Waals surface area contributed by atoms with E-state index in [1.54, 1.807) is 0 Å². The third-order valence-electron chi connectivity index (χ3n) is 2.42. The Morgan fingerprint density at radius 1 is 1.17 bits per heavy atom. The van der Waals surface area contributed by atoms with Crippen LogP contribution >= 0.6 is 0 Å². The molecule has 1 rings (SSSR count). The highest BCUT2D eigenvalue weighted by atomic mass is 19.1. The van der Waals surface area contributed by atoms with Gasteiger partial charge in [0, 0.05) is 5.92 Å². The fourth-order valence-electron chi connectivity index (χ4n) is 1.77. The molecular weight excluding hydrogens is 155 g/mol. The molecule has 1 fully saturated rings. The second-order valence-electron chi connectivity index (χ2n) is 3.93. The molecular formula is C10H19FO. The van der Waals surface area contributed by atoms with Gasteiger partial charge in [-0.25, -0.2) is 4.39 Å². The summed E-state index contributed by atoms with van der Waals surface area (Å²) in [4.78, 5) is 0. The molecule has 1 aliphatic rings. The predicted molar refractivity (Wildman–Crippen MR) is 47.7 cm³/mol. The van der Waals surface area contributed by atoms with E-state index < -0.39 is 6.36 Å². The highest BCUT2D eigenvalue weighted by Crippen LogP contribution is 2.28. The first kappa shape index (κ1) is 9.97. The molecule has 0 radical (unpaired) electrons. The Bertz CT molecular complexity index is 119. The molecule has 12 heavy (non-hydrogen) atoms. The van der Waals surface area contributed by atoms with Gasteiger partial charge >= 0.3 is 0 Å². The lowest BCUT2D eigenvalue weighted by molar-refractivity contribution is -0.112. The molecule has 0 aromatic heterocycles. The van der Waals surface area contributed by atoms with Gasteiger partial charge in [0.1, 0.15) is 0 Å². The van der Waals surface area contributed by atoms with E-state index in [1.165, 1.54) is 19.3 Å². The molecule has 0 bridgehead atoms. The van der Waals surface area contributed by atoms with E-state index in [-0.39, 0.29) is 12.0 Å². The molecule has 0 N–H and O–H groups in total. The van der Waals surface area contributed by atoms with Crippen LogP contribution in [0.5, 0.6) is 0 Å². The van der Waals surface area contributed by atoms with E-state index in [0.29, 0.717) is 0 Å². The Morgan fingerprint density at radius 3 is 2.25 bits per heavy atom. The van der Waals surface area contributed by atoms with Crippen molar-refractivity contribution in [1.82, 2.24) is 0 Å². The van der Waals surface area contributed by atoms with Crippen molar-refractivity contribution >= 4 is 0 Å². The van der Waals surface area contributed by atoms with E-state index in [9.17, 15) is 4.39 Å². The van der Waals surface area contributed by atoms with E-state index >= 15 is 0 Å². The maximum absolute atomic E-state index is 13.3. The monoisotopic (exact) mass is 174 g/mol. The lowest BCUT2D eigenvalue weighted by atomic mass is 9.89. The highest BCUT2D eigenvalue weighted by molar-refractivity contribution is 4.68. The van der Waals surface area contributed by atoms with Crippen molar-refractivity contribution in [2.45, 2.75) is 58.4 Å². The summed E-state index contributed by atoms with van der Waals surface area (Å²) < 4.78 is 18.4. The zero-order chi connectivity index (χ0) is 8.97. The SMILES string of the molecule is CC(C)OC(F)C1CCCCC1. The van der Waals surface area contributed by atoms with Crippen molar-refractivity contribution in [2.75, 3.05) is 0 Å². The summed E-state index contributed by atoms with van der Waals surface area (Å²) in [6.45, 7) is 3.77. The van der Waals surface area contributed by atoms with Crippen molar-refractivity contribution in [3.63, 3.8) is 0 Å². The molecule has 0 spiro atoms. The molecule has 0 aliphatic heterocycles. The molecule has 1 atom stereocenters. The van der Waals surface area contributed by atoms with Crippen LogP contribution in [0.1, 0.15) is 46.0 Å². The van der Waals surface area contributed by atoms with Crippen LogP contribution in [-0.4, -0.2) is 12.5 Å². The quantitative estimate of drug-likeness (QED) is 0.638. The van der Waals surface area contributed by atoms with Crippen molar-refractivity contribution < 1.29 is 9.13 Å². The van der Waals surface area contributed by atoms with Crippen LogP contribution in [0.2, 0.25) is 0 Å². The van der Waals surface area contributed by atoms with Crippen LogP contribution in [0.15, 0.2) is 0 Å². The van der Waals surface area contributed by atoms with E-state index in [1.807, 2.05) is 13.8 Å². The minimum absolute atomic E-state index is 0.0157. The Balaban J connectivity index is 2.24. The van der Waals surface area contributed by atoms with Gasteiger partial charge in [0.2, 0.25) is 6.36 Å². The third kappa shape index (κ3) is 3.10. The minimum Gasteiger partial charge on any atom is -0.345 e. The molecule has 0 heterocycles. The third-order valence-corrected chi connectivity index (χ3v) is 2.42. The van der Waals surface area contributed by atoms with Gasteiger partial charge in [-0.05, 0) is 26.7 Å². The Morgan fingerprint density at radius 2 is 1.75 bits per heavy atom. The molecule has 0 amide bonds. The van der Waals surface area contributed by atoms with E-state index in [2.05, 4.69) is 0 Å². The molecule has 1 nitrogen and oxygen atoms in total. The first-order valence-electron chi connectivity index (χ1n) is 4.99. The van der Waals surface area contributed by atoms with Crippen molar-refractivity contribution in [3.05, 3.63) is 0 Å². The topological polar surface area (TPSA) is 9.23 Å². The summed E-state index contributed by atoms with van der Waals surface area (Å²) in [5.74, 6) is 0.168. The van der Waals surface area contributed by atoms with Crippen LogP contribution in [0, 0.1) is 5.92 Å². The Labute approximate surface area is 74.3 Å². The van der Waals surface area contributed by atoms with Gasteiger partial charge < -0.3 is 4.74 Å². The van der Waals surface area contributed by atoms with Crippen molar-refractivity contribution in [2.24, 2.45) is 5.92 Å². The van der Waals surface area contributed by atoms with Gasteiger partial charge in [0.05, 0.1) is 6.10 Å². The smallest absolute Gasteiger partial charge is 0.201 e. The first-order chi connectivity index (χ1) is 5.70. The number of hydrogen-bond acceptors (Lipinski definition) is 1. The summed E-state index contributed by atoms with van der Waals surface area (Å²) >= 11 is 0. The first-order valence-corrected chi connectivity index (χ1v) is 4.99. The standard InChI is InChI=1S/C10H19FO/c1-8(2)12-10(11)9-6-4-3-5-7-9/h8-10H,3-7H2,1-2H3. The normalized spacial score (nSPS) is 23.0. The average Bonchev–Trinajstić information content (AvgIpc) is 2.05. The number of halogens is 1. The van der Waals surface area contributed by atoms with E-state index in [4.69, 9.17) is 4.74 Å². The molecule has 0 aromatic rings. The van der Waals surface area contributed by atoms with Crippen LogP contribution in [0.4, 0.5) is 4.39 Å². The minimum atomic E-state index is -1.02. The van der Waals surface area contributed by atoms with Crippen LogP contribution in [-0.2, 0) is 4.74 Å². The molecule has 0 saturated heterocycles. The molecule has 1 unspecified atom stereocenters. The summed E-state index contributed by atoms with van der Waals surface area (Å²) in [5, 5.41) is 0.